The molecule has 1 aromatic rings. The second-order valence-corrected chi connectivity index (χ2v) is 5.38. The molecular formula is C10H15ClN2OS2. The van der Waals surface area contributed by atoms with Crippen LogP contribution >= 0.6 is 35.5 Å². The van der Waals surface area contributed by atoms with Crippen molar-refractivity contribution in [2.24, 2.45) is 5.73 Å². The van der Waals surface area contributed by atoms with E-state index < -0.39 is 0 Å². The van der Waals surface area contributed by atoms with Crippen LogP contribution < -0.4 is 5.73 Å². The van der Waals surface area contributed by atoms with Crippen molar-refractivity contribution in [2.45, 2.75) is 17.4 Å². The van der Waals surface area contributed by atoms with Gasteiger partial charge < -0.3 is 10.6 Å². The van der Waals surface area contributed by atoms with Crippen molar-refractivity contribution in [3.8, 4) is 0 Å². The number of hydrogen-bond acceptors (Lipinski definition) is 4. The van der Waals surface area contributed by atoms with Gasteiger partial charge in [0.05, 0.1) is 0 Å². The normalized spacial score (nSPS) is 19.6. The number of carbonyl (C=O) groups excluding carboxylic acids is 1. The summed E-state index contributed by atoms with van der Waals surface area (Å²) in [6.07, 6.45) is 2.92. The average Bonchev–Trinajstić information content (AvgIpc) is 2.84. The Bertz CT molecular complexity index is 369. The number of amides is 1. The zero-order valence-corrected chi connectivity index (χ0v) is 11.5. The Balaban J connectivity index is 0.00000128. The van der Waals surface area contributed by atoms with Crippen molar-refractivity contribution in [1.82, 2.24) is 4.90 Å². The van der Waals surface area contributed by atoms with Gasteiger partial charge in [-0.25, -0.2) is 0 Å². The molecule has 0 saturated carbocycles. The van der Waals surface area contributed by atoms with E-state index in [2.05, 4.69) is 0 Å². The third-order valence-electron chi connectivity index (χ3n) is 2.56. The molecule has 16 heavy (non-hydrogen) atoms. The number of carbonyl (C=O) groups is 1. The number of hydrogen-bond donors (Lipinski definition) is 1. The van der Waals surface area contributed by atoms with E-state index in [9.17, 15) is 4.79 Å². The van der Waals surface area contributed by atoms with Crippen LogP contribution in [0, 0.1) is 0 Å². The van der Waals surface area contributed by atoms with Crippen LogP contribution in [0.25, 0.3) is 0 Å². The van der Waals surface area contributed by atoms with E-state index in [0.29, 0.717) is 6.54 Å². The fourth-order valence-corrected chi connectivity index (χ4v) is 3.44. The minimum absolute atomic E-state index is 0. The second-order valence-electron chi connectivity index (χ2n) is 3.62. The molecule has 2 N–H and O–H groups in total. The quantitative estimate of drug-likeness (QED) is 0.843. The lowest BCUT2D eigenvalue weighted by Gasteiger charge is -2.15. The van der Waals surface area contributed by atoms with E-state index in [-0.39, 0.29) is 24.4 Å². The lowest BCUT2D eigenvalue weighted by molar-refractivity contribution is 0.0792. The zero-order chi connectivity index (χ0) is 10.8. The first-order valence-corrected chi connectivity index (χ1v) is 6.99. The fraction of sp³-hybridized carbons (Fsp3) is 0.500. The summed E-state index contributed by atoms with van der Waals surface area (Å²) in [7, 11) is 0. The maximum Gasteiger partial charge on any atom is 0.265 e. The maximum atomic E-state index is 12.1. The Morgan fingerprint density at radius 3 is 3.00 bits per heavy atom. The number of nitrogens with two attached hydrogens (primary N) is 1. The summed E-state index contributed by atoms with van der Waals surface area (Å²) in [4.78, 5) is 15.9. The molecule has 6 heteroatoms. The topological polar surface area (TPSA) is 46.3 Å². The highest BCUT2D eigenvalue weighted by Gasteiger charge is 2.26. The van der Waals surface area contributed by atoms with Crippen LogP contribution in [-0.4, -0.2) is 36.2 Å². The van der Waals surface area contributed by atoms with Gasteiger partial charge in [0, 0.05) is 24.0 Å². The molecule has 3 nitrogen and oxygen atoms in total. The molecular weight excluding hydrogens is 264 g/mol. The third-order valence-corrected chi connectivity index (χ3v) is 4.37. The van der Waals surface area contributed by atoms with Gasteiger partial charge in [0.1, 0.15) is 4.88 Å². The summed E-state index contributed by atoms with van der Waals surface area (Å²) in [5.74, 6) is 0.141. The van der Waals surface area contributed by atoms with Gasteiger partial charge in [0.2, 0.25) is 0 Å². The number of rotatable bonds is 2. The van der Waals surface area contributed by atoms with Gasteiger partial charge >= 0.3 is 0 Å². The Morgan fingerprint density at radius 1 is 1.69 bits per heavy atom. The van der Waals surface area contributed by atoms with E-state index >= 15 is 0 Å². The van der Waals surface area contributed by atoms with Crippen LogP contribution in [0.5, 0.6) is 0 Å². The standard InChI is InChI=1S/C10H14N2OS2.ClH/c1-14-8-3-5-15-9(8)10(13)12-4-2-7(11)6-12;/h3,5,7H,2,4,6,11H2,1H3;1H/t7-;/m1./s1. The summed E-state index contributed by atoms with van der Waals surface area (Å²) >= 11 is 3.14. The first-order chi connectivity index (χ1) is 7.22. The summed E-state index contributed by atoms with van der Waals surface area (Å²) in [5, 5.41) is 1.97. The summed E-state index contributed by atoms with van der Waals surface area (Å²) in [6, 6.07) is 2.16. The van der Waals surface area contributed by atoms with Gasteiger partial charge in [-0.15, -0.1) is 35.5 Å². The van der Waals surface area contributed by atoms with Crippen molar-refractivity contribution in [3.05, 3.63) is 16.3 Å². The molecule has 90 valence electrons. The molecule has 1 aliphatic rings. The third kappa shape index (κ3) is 2.71. The lowest BCUT2D eigenvalue weighted by Crippen LogP contribution is -2.31. The maximum absolute atomic E-state index is 12.1. The predicted octanol–water partition coefficient (Wildman–Crippen LogP) is 2.07. The lowest BCUT2D eigenvalue weighted by atomic mass is 10.3. The summed E-state index contributed by atoms with van der Waals surface area (Å²) in [5.41, 5.74) is 5.79. The summed E-state index contributed by atoms with van der Waals surface area (Å²) < 4.78 is 0. The van der Waals surface area contributed by atoms with Crippen LogP contribution in [0.3, 0.4) is 0 Å². The molecule has 1 saturated heterocycles. The minimum Gasteiger partial charge on any atom is -0.336 e. The van der Waals surface area contributed by atoms with E-state index in [1.165, 1.54) is 11.3 Å². The highest BCUT2D eigenvalue weighted by Crippen LogP contribution is 2.27. The van der Waals surface area contributed by atoms with Gasteiger partial charge in [0.15, 0.2) is 0 Å². The van der Waals surface area contributed by atoms with E-state index in [1.807, 2.05) is 22.6 Å². The van der Waals surface area contributed by atoms with Crippen LogP contribution in [0.15, 0.2) is 16.3 Å². The Hall–Kier alpha value is -0.230. The first kappa shape index (κ1) is 13.8. The number of likely N-dealkylation sites (tertiary alicyclic amines) is 1. The van der Waals surface area contributed by atoms with Gasteiger partial charge in [-0.1, -0.05) is 0 Å². The number of nitrogens with zero attached hydrogens (tertiary/aromatic N) is 1. The van der Waals surface area contributed by atoms with Crippen LogP contribution in [0.4, 0.5) is 0 Å². The summed E-state index contributed by atoms with van der Waals surface area (Å²) in [6.45, 7) is 1.50. The van der Waals surface area contributed by atoms with E-state index in [0.717, 1.165) is 22.7 Å². The van der Waals surface area contributed by atoms with Crippen molar-refractivity contribution >= 4 is 41.4 Å². The molecule has 1 atom stereocenters. The minimum atomic E-state index is 0. The van der Waals surface area contributed by atoms with Crippen molar-refractivity contribution < 1.29 is 4.79 Å². The first-order valence-electron chi connectivity index (χ1n) is 4.88. The molecule has 2 heterocycles. The predicted molar refractivity (Wildman–Crippen MR) is 71.8 cm³/mol. The van der Waals surface area contributed by atoms with Gasteiger partial charge in [0.25, 0.3) is 5.91 Å². The average molecular weight is 279 g/mol. The van der Waals surface area contributed by atoms with Gasteiger partial charge in [-0.2, -0.15) is 0 Å². The number of halogens is 1. The van der Waals surface area contributed by atoms with Gasteiger partial charge in [-0.3, -0.25) is 4.79 Å². The van der Waals surface area contributed by atoms with Crippen molar-refractivity contribution in [1.29, 1.82) is 0 Å². The molecule has 0 unspecified atom stereocenters. The van der Waals surface area contributed by atoms with Crippen molar-refractivity contribution in [2.75, 3.05) is 19.3 Å². The SMILES string of the molecule is CSc1ccsc1C(=O)N1CC[C@@H](N)C1.Cl. The fourth-order valence-electron chi connectivity index (χ4n) is 1.73. The molecule has 0 aliphatic carbocycles. The van der Waals surface area contributed by atoms with Crippen LogP contribution in [-0.2, 0) is 0 Å². The van der Waals surface area contributed by atoms with Gasteiger partial charge in [-0.05, 0) is 24.1 Å². The van der Waals surface area contributed by atoms with Crippen molar-refractivity contribution in [3.63, 3.8) is 0 Å². The Morgan fingerprint density at radius 2 is 2.44 bits per heavy atom. The molecule has 0 bridgehead atoms. The zero-order valence-electron chi connectivity index (χ0n) is 9.01. The molecule has 1 amide bonds. The Labute approximate surface area is 110 Å². The molecule has 0 radical (unpaired) electrons. The highest BCUT2D eigenvalue weighted by molar-refractivity contribution is 7.98. The monoisotopic (exact) mass is 278 g/mol. The Kier molecular flexibility index (Phi) is 5.11. The molecule has 1 fully saturated rings. The molecule has 0 aromatic carbocycles. The molecule has 2 rings (SSSR count). The highest BCUT2D eigenvalue weighted by atomic mass is 35.5. The molecule has 1 aliphatic heterocycles. The van der Waals surface area contributed by atoms with E-state index in [4.69, 9.17) is 5.73 Å². The largest absolute Gasteiger partial charge is 0.336 e. The van der Waals surface area contributed by atoms with E-state index in [1.54, 1.807) is 11.8 Å². The molecule has 0 spiro atoms. The van der Waals surface area contributed by atoms with Crippen LogP contribution in [0.2, 0.25) is 0 Å². The van der Waals surface area contributed by atoms with Crippen LogP contribution in [0.1, 0.15) is 16.1 Å². The smallest absolute Gasteiger partial charge is 0.265 e. The molecule has 1 aromatic heterocycles. The second kappa shape index (κ2) is 5.91. The number of thioether (sulfide) groups is 1. The number of thiophene rings is 1.